The minimum Gasteiger partial charge on any atom is -0.483 e. The van der Waals surface area contributed by atoms with Crippen molar-refractivity contribution in [2.24, 2.45) is 5.73 Å². The molecule has 0 aliphatic rings. The quantitative estimate of drug-likeness (QED) is 0.871. The summed E-state index contributed by atoms with van der Waals surface area (Å²) < 4.78 is 7.91. The number of hydrogen-bond acceptors (Lipinski definition) is 2. The highest BCUT2D eigenvalue weighted by molar-refractivity contribution is 9.10. The van der Waals surface area contributed by atoms with Gasteiger partial charge in [0.2, 0.25) is 0 Å². The van der Waals surface area contributed by atoms with Gasteiger partial charge in [-0.15, -0.1) is 0 Å². The van der Waals surface area contributed by atoms with Crippen LogP contribution in [0.3, 0.4) is 0 Å². The molecular formula is C14H13Br2NO. The van der Waals surface area contributed by atoms with Crippen molar-refractivity contribution in [3.05, 3.63) is 63.0 Å². The molecule has 2 aromatic rings. The predicted octanol–water partition coefficient (Wildman–Crippen LogP) is 4.29. The van der Waals surface area contributed by atoms with Crippen molar-refractivity contribution in [3.63, 3.8) is 0 Å². The maximum Gasteiger partial charge on any atom is 0.136 e. The highest BCUT2D eigenvalue weighted by Gasteiger charge is 2.12. The molecule has 0 saturated carbocycles. The van der Waals surface area contributed by atoms with Gasteiger partial charge < -0.3 is 10.5 Å². The lowest BCUT2D eigenvalue weighted by molar-refractivity contribution is 0.213. The second-order valence-electron chi connectivity index (χ2n) is 3.82. The van der Waals surface area contributed by atoms with Crippen molar-refractivity contribution < 1.29 is 4.74 Å². The van der Waals surface area contributed by atoms with E-state index >= 15 is 0 Å². The fraction of sp³-hybridized carbons (Fsp3) is 0.143. The zero-order valence-corrected chi connectivity index (χ0v) is 12.8. The summed E-state index contributed by atoms with van der Waals surface area (Å²) in [6.07, 6.45) is -0.142. The van der Waals surface area contributed by atoms with Crippen molar-refractivity contribution in [3.8, 4) is 5.75 Å². The maximum atomic E-state index is 5.93. The number of rotatable bonds is 4. The summed E-state index contributed by atoms with van der Waals surface area (Å²) in [6, 6.07) is 15.8. The first-order valence-electron chi connectivity index (χ1n) is 5.57. The molecule has 0 aliphatic carbocycles. The fourth-order valence-electron chi connectivity index (χ4n) is 1.62. The summed E-state index contributed by atoms with van der Waals surface area (Å²) in [7, 11) is 0. The zero-order valence-electron chi connectivity index (χ0n) is 9.64. The van der Waals surface area contributed by atoms with Gasteiger partial charge in [0.1, 0.15) is 11.9 Å². The van der Waals surface area contributed by atoms with Crippen LogP contribution in [0.25, 0.3) is 0 Å². The van der Waals surface area contributed by atoms with Gasteiger partial charge in [-0.25, -0.2) is 0 Å². The number of hydrogen-bond donors (Lipinski definition) is 1. The molecule has 0 aromatic heterocycles. The monoisotopic (exact) mass is 369 g/mol. The second kappa shape index (κ2) is 6.36. The van der Waals surface area contributed by atoms with E-state index in [-0.39, 0.29) is 6.10 Å². The van der Waals surface area contributed by atoms with Crippen LogP contribution >= 0.6 is 31.9 Å². The summed E-state index contributed by atoms with van der Waals surface area (Å²) in [4.78, 5) is 0. The Morgan fingerprint density at radius 3 is 2.28 bits per heavy atom. The highest BCUT2D eigenvalue weighted by atomic mass is 79.9. The Morgan fingerprint density at radius 2 is 1.67 bits per heavy atom. The Bertz CT molecular complexity index is 513. The number of benzene rings is 2. The standard InChI is InChI=1S/C14H13Br2NO/c15-11-7-5-10(6-8-11)14(9-17)18-13-4-2-1-3-12(13)16/h1-8,14H,9,17H2. The van der Waals surface area contributed by atoms with Crippen molar-refractivity contribution in [1.82, 2.24) is 0 Å². The van der Waals surface area contributed by atoms with Crippen LogP contribution in [0.15, 0.2) is 57.5 Å². The molecule has 2 rings (SSSR count). The lowest BCUT2D eigenvalue weighted by Gasteiger charge is -2.18. The molecule has 94 valence electrons. The van der Waals surface area contributed by atoms with Crippen molar-refractivity contribution in [2.45, 2.75) is 6.10 Å². The number of ether oxygens (including phenoxy) is 1. The molecule has 18 heavy (non-hydrogen) atoms. The smallest absolute Gasteiger partial charge is 0.136 e. The van der Waals surface area contributed by atoms with E-state index in [1.807, 2.05) is 48.5 Å². The molecule has 0 amide bonds. The average Bonchev–Trinajstić information content (AvgIpc) is 2.39. The predicted molar refractivity (Wildman–Crippen MR) is 80.7 cm³/mol. The molecule has 0 heterocycles. The first kappa shape index (κ1) is 13.6. The van der Waals surface area contributed by atoms with Gasteiger partial charge in [-0.2, -0.15) is 0 Å². The Morgan fingerprint density at radius 1 is 1.00 bits per heavy atom. The van der Waals surface area contributed by atoms with Crippen molar-refractivity contribution in [1.29, 1.82) is 0 Å². The van der Waals surface area contributed by atoms with E-state index in [1.165, 1.54) is 0 Å². The van der Waals surface area contributed by atoms with Crippen LogP contribution in [-0.4, -0.2) is 6.54 Å². The summed E-state index contributed by atoms with van der Waals surface area (Å²) in [5.41, 5.74) is 6.85. The molecule has 0 saturated heterocycles. The van der Waals surface area contributed by atoms with E-state index in [0.717, 1.165) is 20.3 Å². The van der Waals surface area contributed by atoms with E-state index in [9.17, 15) is 0 Å². The van der Waals surface area contributed by atoms with Gasteiger partial charge in [-0.3, -0.25) is 0 Å². The number of halogens is 2. The van der Waals surface area contributed by atoms with Gasteiger partial charge in [0.25, 0.3) is 0 Å². The van der Waals surface area contributed by atoms with Crippen LogP contribution in [0.2, 0.25) is 0 Å². The number of para-hydroxylation sites is 1. The van der Waals surface area contributed by atoms with E-state index in [4.69, 9.17) is 10.5 Å². The lowest BCUT2D eigenvalue weighted by atomic mass is 10.1. The molecule has 1 atom stereocenters. The average molecular weight is 371 g/mol. The second-order valence-corrected chi connectivity index (χ2v) is 5.59. The summed E-state index contributed by atoms with van der Waals surface area (Å²) in [5.74, 6) is 0.802. The molecule has 0 spiro atoms. The molecule has 0 aliphatic heterocycles. The van der Waals surface area contributed by atoms with Gasteiger partial charge in [0.15, 0.2) is 0 Å². The van der Waals surface area contributed by atoms with Crippen LogP contribution < -0.4 is 10.5 Å². The largest absolute Gasteiger partial charge is 0.483 e. The highest BCUT2D eigenvalue weighted by Crippen LogP contribution is 2.29. The first-order valence-corrected chi connectivity index (χ1v) is 7.16. The fourth-order valence-corrected chi connectivity index (χ4v) is 2.27. The molecule has 2 N–H and O–H groups in total. The normalized spacial score (nSPS) is 12.2. The molecule has 4 heteroatoms. The van der Waals surface area contributed by atoms with E-state index in [2.05, 4.69) is 31.9 Å². The van der Waals surface area contributed by atoms with E-state index < -0.39 is 0 Å². The van der Waals surface area contributed by atoms with E-state index in [0.29, 0.717) is 6.54 Å². The third-order valence-corrected chi connectivity index (χ3v) is 3.75. The third kappa shape index (κ3) is 3.34. The number of nitrogens with two attached hydrogens (primary N) is 1. The minimum atomic E-state index is -0.142. The first-order chi connectivity index (χ1) is 8.70. The molecule has 1 unspecified atom stereocenters. The molecule has 0 fully saturated rings. The minimum absolute atomic E-state index is 0.142. The topological polar surface area (TPSA) is 35.2 Å². The van der Waals surface area contributed by atoms with Gasteiger partial charge in [-0.05, 0) is 45.8 Å². The maximum absolute atomic E-state index is 5.93. The zero-order chi connectivity index (χ0) is 13.0. The Kier molecular flexibility index (Phi) is 4.80. The van der Waals surface area contributed by atoms with Crippen molar-refractivity contribution >= 4 is 31.9 Å². The summed E-state index contributed by atoms with van der Waals surface area (Å²) in [6.45, 7) is 0.433. The van der Waals surface area contributed by atoms with Gasteiger partial charge in [0.05, 0.1) is 4.47 Å². The molecular weight excluding hydrogens is 358 g/mol. The van der Waals surface area contributed by atoms with Gasteiger partial charge >= 0.3 is 0 Å². The summed E-state index contributed by atoms with van der Waals surface area (Å²) >= 11 is 6.88. The Balaban J connectivity index is 2.20. The Hall–Kier alpha value is -0.840. The molecule has 0 radical (unpaired) electrons. The van der Waals surface area contributed by atoms with Crippen LogP contribution in [0, 0.1) is 0 Å². The molecule has 2 aromatic carbocycles. The van der Waals surface area contributed by atoms with Crippen molar-refractivity contribution in [2.75, 3.05) is 6.54 Å². The third-order valence-electron chi connectivity index (χ3n) is 2.56. The van der Waals surface area contributed by atoms with Gasteiger partial charge in [0, 0.05) is 11.0 Å². The summed E-state index contributed by atoms with van der Waals surface area (Å²) in [5, 5.41) is 0. The lowest BCUT2D eigenvalue weighted by Crippen LogP contribution is -2.18. The van der Waals surface area contributed by atoms with Crippen LogP contribution in [0.1, 0.15) is 11.7 Å². The van der Waals surface area contributed by atoms with Gasteiger partial charge in [-0.1, -0.05) is 40.2 Å². The van der Waals surface area contributed by atoms with Crippen LogP contribution in [-0.2, 0) is 0 Å². The molecule has 0 bridgehead atoms. The van der Waals surface area contributed by atoms with E-state index in [1.54, 1.807) is 0 Å². The van der Waals surface area contributed by atoms with Crippen LogP contribution in [0.5, 0.6) is 5.75 Å². The SMILES string of the molecule is NCC(Oc1ccccc1Br)c1ccc(Br)cc1. The Labute approximate surface area is 123 Å². The molecule has 2 nitrogen and oxygen atoms in total. The van der Waals surface area contributed by atoms with Crippen LogP contribution in [0.4, 0.5) is 0 Å².